The lowest BCUT2D eigenvalue weighted by molar-refractivity contribution is 0.668. The molecule has 3 nitrogen and oxygen atoms in total. The highest BCUT2D eigenvalue weighted by molar-refractivity contribution is 6.19. The number of fused-ring (bicyclic) bond motifs is 8. The first-order chi connectivity index (χ1) is 29.2. The molecule has 59 heavy (non-hydrogen) atoms. The SMILES string of the molecule is C1=Cc2cc(-c3ccc(N(c4ccc(-c5ccc6c(c5)oc5ccccc56)cc4)c4ccc(-c5cccc6ccccc56)c5c4oc4ccccc45)cc3)ccc2CC1. The predicted octanol–water partition coefficient (Wildman–Crippen LogP) is 16.1. The summed E-state index contributed by atoms with van der Waals surface area (Å²) in [7, 11) is 0. The Morgan fingerprint density at radius 1 is 0.424 bits per heavy atom. The monoisotopic (exact) mass is 755 g/mol. The molecule has 0 amide bonds. The fourth-order valence-corrected chi connectivity index (χ4v) is 9.22. The maximum Gasteiger partial charge on any atom is 0.160 e. The number of hydrogen-bond acceptors (Lipinski definition) is 3. The summed E-state index contributed by atoms with van der Waals surface area (Å²) < 4.78 is 13.2. The van der Waals surface area contributed by atoms with Gasteiger partial charge in [-0.1, -0.05) is 140 Å². The average molecular weight is 756 g/mol. The van der Waals surface area contributed by atoms with Crippen LogP contribution in [0.25, 0.3) is 94.1 Å². The first kappa shape index (κ1) is 33.5. The van der Waals surface area contributed by atoms with E-state index in [-0.39, 0.29) is 0 Å². The van der Waals surface area contributed by atoms with Crippen molar-refractivity contribution in [2.45, 2.75) is 12.8 Å². The molecule has 0 bridgehead atoms. The highest BCUT2D eigenvalue weighted by atomic mass is 16.3. The third-order valence-electron chi connectivity index (χ3n) is 12.1. The summed E-state index contributed by atoms with van der Waals surface area (Å²) in [5.41, 5.74) is 16.3. The Bertz CT molecular complexity index is 3430. The lowest BCUT2D eigenvalue weighted by Gasteiger charge is -2.26. The molecule has 12 rings (SSSR count). The average Bonchev–Trinajstić information content (AvgIpc) is 3.88. The smallest absolute Gasteiger partial charge is 0.160 e. The quantitative estimate of drug-likeness (QED) is 0.169. The van der Waals surface area contributed by atoms with E-state index in [2.05, 4.69) is 193 Å². The van der Waals surface area contributed by atoms with Crippen molar-refractivity contribution in [1.29, 1.82) is 0 Å². The van der Waals surface area contributed by atoms with E-state index in [1.54, 1.807) is 0 Å². The molecule has 2 heterocycles. The Morgan fingerprint density at radius 3 is 1.85 bits per heavy atom. The van der Waals surface area contributed by atoms with Crippen LogP contribution in [0.15, 0.2) is 203 Å². The number of aryl methyl sites for hydroxylation is 1. The molecule has 1 aliphatic carbocycles. The van der Waals surface area contributed by atoms with Crippen LogP contribution in [0.5, 0.6) is 0 Å². The van der Waals surface area contributed by atoms with Crippen molar-refractivity contribution in [2.75, 3.05) is 4.90 Å². The number of hydrogen-bond donors (Lipinski definition) is 0. The molecule has 0 fully saturated rings. The summed E-state index contributed by atoms with van der Waals surface area (Å²) in [4.78, 5) is 2.34. The van der Waals surface area contributed by atoms with E-state index in [0.717, 1.165) is 90.5 Å². The maximum atomic E-state index is 6.93. The second kappa shape index (κ2) is 13.5. The molecule has 11 aromatic rings. The van der Waals surface area contributed by atoms with Gasteiger partial charge in [0.25, 0.3) is 0 Å². The number of rotatable bonds is 6. The van der Waals surface area contributed by atoms with Crippen LogP contribution in [-0.4, -0.2) is 0 Å². The van der Waals surface area contributed by atoms with Crippen LogP contribution in [0.4, 0.5) is 17.1 Å². The molecule has 1 aliphatic rings. The second-order valence-electron chi connectivity index (χ2n) is 15.6. The van der Waals surface area contributed by atoms with Gasteiger partial charge in [0, 0.05) is 32.9 Å². The van der Waals surface area contributed by atoms with Gasteiger partial charge in [0.1, 0.15) is 16.7 Å². The van der Waals surface area contributed by atoms with Gasteiger partial charge >= 0.3 is 0 Å². The minimum Gasteiger partial charge on any atom is -0.456 e. The molecule has 9 aromatic carbocycles. The topological polar surface area (TPSA) is 29.5 Å². The first-order valence-corrected chi connectivity index (χ1v) is 20.4. The highest BCUT2D eigenvalue weighted by Crippen LogP contribution is 2.47. The van der Waals surface area contributed by atoms with E-state index >= 15 is 0 Å². The minimum atomic E-state index is 0.849. The van der Waals surface area contributed by atoms with Gasteiger partial charge in [0.2, 0.25) is 0 Å². The van der Waals surface area contributed by atoms with E-state index in [9.17, 15) is 0 Å². The number of para-hydroxylation sites is 2. The summed E-state index contributed by atoms with van der Waals surface area (Å²) in [6.07, 6.45) is 6.75. The van der Waals surface area contributed by atoms with Gasteiger partial charge in [-0.15, -0.1) is 0 Å². The van der Waals surface area contributed by atoms with Crippen LogP contribution < -0.4 is 4.90 Å². The zero-order valence-electron chi connectivity index (χ0n) is 32.2. The first-order valence-electron chi connectivity index (χ1n) is 20.4. The Kier molecular flexibility index (Phi) is 7.67. The Labute approximate surface area is 341 Å². The molecule has 2 aromatic heterocycles. The fraction of sp³-hybridized carbons (Fsp3) is 0.0357. The molecule has 0 N–H and O–H groups in total. The minimum absolute atomic E-state index is 0.849. The number of allylic oxidation sites excluding steroid dienone is 1. The van der Waals surface area contributed by atoms with Gasteiger partial charge in [-0.2, -0.15) is 0 Å². The summed E-state index contributed by atoms with van der Waals surface area (Å²) in [6, 6.07) is 67.5. The number of anilines is 3. The molecule has 3 heteroatoms. The van der Waals surface area contributed by atoms with Gasteiger partial charge in [0.15, 0.2) is 5.58 Å². The molecule has 0 saturated carbocycles. The van der Waals surface area contributed by atoms with Gasteiger partial charge < -0.3 is 13.7 Å². The molecule has 0 saturated heterocycles. The zero-order chi connectivity index (χ0) is 38.9. The van der Waals surface area contributed by atoms with E-state index in [1.165, 1.54) is 38.6 Å². The standard InChI is InChI=1S/C56H37NO2/c1-2-12-40-34-41(21-20-36(40)10-1)37-22-27-43(28-23-37)57(44-29-24-38(25-30-44)42-26-31-48-47-15-5-7-18-52(47)58-54(48)35-42)51-33-32-49(46-17-9-13-39-11-3-4-14-45(39)46)55-50-16-6-8-19-53(50)59-56(51)55/h2-9,11-35H,1,10H2. The summed E-state index contributed by atoms with van der Waals surface area (Å²) in [5.74, 6) is 0. The van der Waals surface area contributed by atoms with Crippen LogP contribution in [-0.2, 0) is 6.42 Å². The molecular weight excluding hydrogens is 719 g/mol. The number of nitrogens with zero attached hydrogens (tertiary/aromatic N) is 1. The van der Waals surface area contributed by atoms with Crippen molar-refractivity contribution in [2.24, 2.45) is 0 Å². The van der Waals surface area contributed by atoms with Crippen LogP contribution in [0.2, 0.25) is 0 Å². The van der Waals surface area contributed by atoms with Crippen molar-refractivity contribution in [3.8, 4) is 33.4 Å². The van der Waals surface area contributed by atoms with Crippen LogP contribution in [0, 0.1) is 0 Å². The van der Waals surface area contributed by atoms with Gasteiger partial charge in [0.05, 0.1) is 5.69 Å². The normalized spacial score (nSPS) is 12.5. The van der Waals surface area contributed by atoms with Gasteiger partial charge in [-0.25, -0.2) is 0 Å². The fourth-order valence-electron chi connectivity index (χ4n) is 9.22. The molecule has 278 valence electrons. The lowest BCUT2D eigenvalue weighted by atomic mass is 9.93. The van der Waals surface area contributed by atoms with Gasteiger partial charge in [-0.3, -0.25) is 0 Å². The third-order valence-corrected chi connectivity index (χ3v) is 12.1. The van der Waals surface area contributed by atoms with Crippen molar-refractivity contribution < 1.29 is 8.83 Å². The Morgan fingerprint density at radius 2 is 1.05 bits per heavy atom. The highest BCUT2D eigenvalue weighted by Gasteiger charge is 2.23. The maximum absolute atomic E-state index is 6.93. The van der Waals surface area contributed by atoms with Crippen LogP contribution in [0.1, 0.15) is 17.5 Å². The molecule has 0 spiro atoms. The van der Waals surface area contributed by atoms with Gasteiger partial charge in [-0.05, 0) is 129 Å². The van der Waals surface area contributed by atoms with Crippen molar-refractivity contribution in [1.82, 2.24) is 0 Å². The van der Waals surface area contributed by atoms with E-state index < -0.39 is 0 Å². The number of furan rings is 2. The zero-order valence-corrected chi connectivity index (χ0v) is 32.2. The van der Waals surface area contributed by atoms with Crippen molar-refractivity contribution >= 4 is 77.8 Å². The summed E-state index contributed by atoms with van der Waals surface area (Å²) in [5, 5.41) is 6.90. The number of benzene rings is 9. The Hall–Kier alpha value is -7.62. The van der Waals surface area contributed by atoms with E-state index in [4.69, 9.17) is 8.83 Å². The Balaban J connectivity index is 1.02. The predicted molar refractivity (Wildman–Crippen MR) is 247 cm³/mol. The lowest BCUT2D eigenvalue weighted by Crippen LogP contribution is -2.10. The van der Waals surface area contributed by atoms with Crippen LogP contribution in [0.3, 0.4) is 0 Å². The summed E-state index contributed by atoms with van der Waals surface area (Å²) >= 11 is 0. The third kappa shape index (κ3) is 5.58. The second-order valence-corrected chi connectivity index (χ2v) is 15.6. The van der Waals surface area contributed by atoms with Crippen molar-refractivity contribution in [3.05, 3.63) is 205 Å². The van der Waals surface area contributed by atoms with E-state index in [1.807, 2.05) is 12.1 Å². The van der Waals surface area contributed by atoms with Crippen LogP contribution >= 0.6 is 0 Å². The summed E-state index contributed by atoms with van der Waals surface area (Å²) in [6.45, 7) is 0. The molecule has 0 atom stereocenters. The molecular formula is C56H37NO2. The largest absolute Gasteiger partial charge is 0.456 e. The molecule has 0 unspecified atom stereocenters. The van der Waals surface area contributed by atoms with Crippen molar-refractivity contribution in [3.63, 3.8) is 0 Å². The molecule has 0 radical (unpaired) electrons. The van der Waals surface area contributed by atoms with E-state index in [0.29, 0.717) is 0 Å². The molecule has 0 aliphatic heterocycles.